The van der Waals surface area contributed by atoms with Gasteiger partial charge in [0.1, 0.15) is 0 Å². The van der Waals surface area contributed by atoms with E-state index >= 15 is 0 Å². The van der Waals surface area contributed by atoms with Gasteiger partial charge >= 0.3 is 0 Å². The van der Waals surface area contributed by atoms with Crippen molar-refractivity contribution in [3.63, 3.8) is 0 Å². The van der Waals surface area contributed by atoms with Crippen LogP contribution in [0.4, 0.5) is 0 Å². The first-order valence-corrected chi connectivity index (χ1v) is 6.97. The second kappa shape index (κ2) is 5.13. The molecule has 100 valence electrons. The van der Waals surface area contributed by atoms with Crippen LogP contribution in [0.1, 0.15) is 43.3 Å². The standard InChI is InChI=1S/C15H19N3O/c1-3-16-10(2)14-17-18-15(19-14)13-8-7-11-5-4-6-12(11)9-13/h7-10,16H,3-6H2,1-2H3. The van der Waals surface area contributed by atoms with Crippen molar-refractivity contribution in [1.29, 1.82) is 0 Å². The van der Waals surface area contributed by atoms with Gasteiger partial charge in [0.2, 0.25) is 11.8 Å². The summed E-state index contributed by atoms with van der Waals surface area (Å²) < 4.78 is 5.76. The fourth-order valence-electron chi connectivity index (χ4n) is 2.62. The molecule has 1 aliphatic rings. The number of hydrogen-bond acceptors (Lipinski definition) is 4. The lowest BCUT2D eigenvalue weighted by molar-refractivity contribution is 0.429. The predicted octanol–water partition coefficient (Wildman–Crippen LogP) is 2.90. The minimum absolute atomic E-state index is 0.0978. The Morgan fingerprint density at radius 3 is 2.95 bits per heavy atom. The Hall–Kier alpha value is -1.68. The Kier molecular flexibility index (Phi) is 3.34. The second-order valence-corrected chi connectivity index (χ2v) is 5.06. The van der Waals surface area contributed by atoms with Crippen molar-refractivity contribution in [2.45, 2.75) is 39.2 Å². The summed E-state index contributed by atoms with van der Waals surface area (Å²) in [6.45, 7) is 4.98. The largest absolute Gasteiger partial charge is 0.419 e. The van der Waals surface area contributed by atoms with Crippen molar-refractivity contribution in [2.75, 3.05) is 6.54 Å². The third kappa shape index (κ3) is 2.40. The molecule has 0 saturated carbocycles. The molecule has 1 heterocycles. The van der Waals surface area contributed by atoms with Crippen LogP contribution in [0.5, 0.6) is 0 Å². The van der Waals surface area contributed by atoms with Gasteiger partial charge < -0.3 is 9.73 Å². The minimum atomic E-state index is 0.0978. The van der Waals surface area contributed by atoms with Crippen molar-refractivity contribution < 1.29 is 4.42 Å². The first kappa shape index (κ1) is 12.4. The van der Waals surface area contributed by atoms with Gasteiger partial charge in [0.25, 0.3) is 0 Å². The maximum absolute atomic E-state index is 5.76. The Labute approximate surface area is 113 Å². The Balaban J connectivity index is 1.86. The number of aromatic nitrogens is 2. The summed E-state index contributed by atoms with van der Waals surface area (Å²) >= 11 is 0. The van der Waals surface area contributed by atoms with E-state index < -0.39 is 0 Å². The van der Waals surface area contributed by atoms with Gasteiger partial charge in [-0.15, -0.1) is 10.2 Å². The fourth-order valence-corrected chi connectivity index (χ4v) is 2.62. The van der Waals surface area contributed by atoms with Gasteiger partial charge in [0.05, 0.1) is 6.04 Å². The van der Waals surface area contributed by atoms with E-state index in [1.807, 2.05) is 6.92 Å². The Morgan fingerprint density at radius 1 is 1.26 bits per heavy atom. The number of nitrogens with one attached hydrogen (secondary N) is 1. The molecule has 19 heavy (non-hydrogen) atoms. The normalized spacial score (nSPS) is 15.5. The molecule has 1 atom stereocenters. The van der Waals surface area contributed by atoms with E-state index in [4.69, 9.17) is 4.42 Å². The van der Waals surface area contributed by atoms with Crippen LogP contribution in [0.25, 0.3) is 11.5 Å². The number of nitrogens with zero attached hydrogens (tertiary/aromatic N) is 2. The molecule has 1 aromatic heterocycles. The van der Waals surface area contributed by atoms with E-state index in [-0.39, 0.29) is 6.04 Å². The predicted molar refractivity (Wildman–Crippen MR) is 73.9 cm³/mol. The molecule has 0 amide bonds. The number of fused-ring (bicyclic) bond motifs is 1. The first-order chi connectivity index (χ1) is 9.28. The highest BCUT2D eigenvalue weighted by molar-refractivity contribution is 5.56. The molecule has 0 spiro atoms. The monoisotopic (exact) mass is 257 g/mol. The van der Waals surface area contributed by atoms with Gasteiger partial charge in [-0.3, -0.25) is 0 Å². The molecule has 1 N–H and O–H groups in total. The summed E-state index contributed by atoms with van der Waals surface area (Å²) in [6, 6.07) is 6.56. The van der Waals surface area contributed by atoms with Gasteiger partial charge in [-0.05, 0) is 56.0 Å². The maximum Gasteiger partial charge on any atom is 0.247 e. The zero-order chi connectivity index (χ0) is 13.2. The average Bonchev–Trinajstić information content (AvgIpc) is 3.07. The zero-order valence-corrected chi connectivity index (χ0v) is 11.4. The van der Waals surface area contributed by atoms with Crippen molar-refractivity contribution in [1.82, 2.24) is 15.5 Å². The highest BCUT2D eigenvalue weighted by Crippen LogP contribution is 2.28. The molecule has 0 fully saturated rings. The van der Waals surface area contributed by atoms with Crippen LogP contribution in [0, 0.1) is 0 Å². The van der Waals surface area contributed by atoms with Crippen molar-refractivity contribution in [2.24, 2.45) is 0 Å². The van der Waals surface area contributed by atoms with Crippen LogP contribution in [-0.4, -0.2) is 16.7 Å². The van der Waals surface area contributed by atoms with Crippen molar-refractivity contribution in [3.05, 3.63) is 35.2 Å². The SMILES string of the molecule is CCNC(C)c1nnc(-c2ccc3c(c2)CCC3)o1. The summed E-state index contributed by atoms with van der Waals surface area (Å²) in [5.41, 5.74) is 3.92. The number of benzene rings is 1. The smallest absolute Gasteiger partial charge is 0.247 e. The molecule has 4 heteroatoms. The molecule has 2 aromatic rings. The van der Waals surface area contributed by atoms with E-state index in [2.05, 4.69) is 40.6 Å². The van der Waals surface area contributed by atoms with Gasteiger partial charge in [0.15, 0.2) is 0 Å². The summed E-state index contributed by atoms with van der Waals surface area (Å²) in [5.74, 6) is 1.27. The molecule has 1 aromatic carbocycles. The molecule has 1 aliphatic carbocycles. The van der Waals surface area contributed by atoms with Gasteiger partial charge in [0, 0.05) is 5.56 Å². The van der Waals surface area contributed by atoms with Crippen LogP contribution >= 0.6 is 0 Å². The summed E-state index contributed by atoms with van der Waals surface area (Å²) in [5, 5.41) is 11.6. The molecule has 0 radical (unpaired) electrons. The molecular weight excluding hydrogens is 238 g/mol. The molecule has 0 saturated heterocycles. The lowest BCUT2D eigenvalue weighted by Gasteiger charge is -2.06. The van der Waals surface area contributed by atoms with Crippen LogP contribution in [0.15, 0.2) is 22.6 Å². The van der Waals surface area contributed by atoms with Gasteiger partial charge in [-0.2, -0.15) is 0 Å². The van der Waals surface area contributed by atoms with Gasteiger partial charge in [-0.25, -0.2) is 0 Å². The van der Waals surface area contributed by atoms with Crippen molar-refractivity contribution >= 4 is 0 Å². The van der Waals surface area contributed by atoms with Crippen LogP contribution in [-0.2, 0) is 12.8 Å². The third-order valence-electron chi connectivity index (χ3n) is 3.67. The lowest BCUT2D eigenvalue weighted by Crippen LogP contribution is -2.17. The summed E-state index contributed by atoms with van der Waals surface area (Å²) in [7, 11) is 0. The topological polar surface area (TPSA) is 51.0 Å². The van der Waals surface area contributed by atoms with Crippen LogP contribution in [0.3, 0.4) is 0 Å². The number of aryl methyl sites for hydroxylation is 2. The van der Waals surface area contributed by atoms with E-state index in [1.54, 1.807) is 0 Å². The Bertz CT molecular complexity index is 577. The second-order valence-electron chi connectivity index (χ2n) is 5.06. The highest BCUT2D eigenvalue weighted by Gasteiger charge is 2.16. The summed E-state index contributed by atoms with van der Waals surface area (Å²) in [6.07, 6.45) is 3.62. The number of hydrogen-bond donors (Lipinski definition) is 1. The molecule has 1 unspecified atom stereocenters. The minimum Gasteiger partial charge on any atom is -0.419 e. The molecular formula is C15H19N3O. The van der Waals surface area contributed by atoms with E-state index in [9.17, 15) is 0 Å². The fraction of sp³-hybridized carbons (Fsp3) is 0.467. The highest BCUT2D eigenvalue weighted by atomic mass is 16.4. The zero-order valence-electron chi connectivity index (χ0n) is 11.4. The molecule has 4 nitrogen and oxygen atoms in total. The quantitative estimate of drug-likeness (QED) is 0.915. The van der Waals surface area contributed by atoms with Crippen LogP contribution < -0.4 is 5.32 Å². The maximum atomic E-state index is 5.76. The van der Waals surface area contributed by atoms with E-state index in [0.717, 1.165) is 18.5 Å². The molecule has 0 bridgehead atoms. The van der Waals surface area contributed by atoms with Crippen molar-refractivity contribution in [3.8, 4) is 11.5 Å². The average molecular weight is 257 g/mol. The van der Waals surface area contributed by atoms with E-state index in [1.165, 1.54) is 24.0 Å². The molecule has 3 rings (SSSR count). The molecule has 0 aliphatic heterocycles. The third-order valence-corrected chi connectivity index (χ3v) is 3.67. The Morgan fingerprint density at radius 2 is 2.11 bits per heavy atom. The lowest BCUT2D eigenvalue weighted by atomic mass is 10.1. The number of rotatable bonds is 4. The van der Waals surface area contributed by atoms with E-state index in [0.29, 0.717) is 11.8 Å². The first-order valence-electron chi connectivity index (χ1n) is 6.97. The van der Waals surface area contributed by atoms with Gasteiger partial charge in [-0.1, -0.05) is 13.0 Å². The summed E-state index contributed by atoms with van der Waals surface area (Å²) in [4.78, 5) is 0. The van der Waals surface area contributed by atoms with Crippen LogP contribution in [0.2, 0.25) is 0 Å².